The normalized spacial score (nSPS) is 18.5. The lowest BCUT2D eigenvalue weighted by Crippen LogP contribution is -2.44. The van der Waals surface area contributed by atoms with Crippen molar-refractivity contribution < 1.29 is 4.52 Å². The molecule has 1 unspecified atom stereocenters. The summed E-state index contributed by atoms with van der Waals surface area (Å²) in [6.45, 7) is 3.67. The van der Waals surface area contributed by atoms with E-state index in [9.17, 15) is 0 Å². The van der Waals surface area contributed by atoms with Crippen molar-refractivity contribution in [3.63, 3.8) is 0 Å². The molecule has 3 aromatic heterocycles. The quantitative estimate of drug-likeness (QED) is 0.770. The molecule has 6 nitrogen and oxygen atoms in total. The van der Waals surface area contributed by atoms with Crippen LogP contribution in [0.1, 0.15) is 16.7 Å². The minimum atomic E-state index is 0. The number of halogens is 1. The van der Waals surface area contributed by atoms with Crippen LogP contribution < -0.4 is 5.32 Å². The van der Waals surface area contributed by atoms with Gasteiger partial charge in [-0.05, 0) is 30.6 Å². The Balaban J connectivity index is 0.00000169. The zero-order valence-corrected chi connectivity index (χ0v) is 15.0. The minimum Gasteiger partial charge on any atom is -0.338 e. The molecule has 128 valence electrons. The highest BCUT2D eigenvalue weighted by Gasteiger charge is 2.26. The highest BCUT2D eigenvalue weighted by atomic mass is 35.5. The number of nitrogens with one attached hydrogen (secondary N) is 1. The number of rotatable bonds is 4. The topological polar surface area (TPSA) is 59.1 Å². The fourth-order valence-electron chi connectivity index (χ4n) is 2.89. The third kappa shape index (κ3) is 3.39. The number of likely N-dealkylation sites (N-methyl/N-ethyl adjacent to an activating group) is 1. The molecule has 24 heavy (non-hydrogen) atoms. The van der Waals surface area contributed by atoms with Crippen molar-refractivity contribution in [2.75, 3.05) is 26.7 Å². The molecule has 1 fully saturated rings. The molecule has 1 atom stereocenters. The lowest BCUT2D eigenvalue weighted by atomic mass is 10.2. The second-order valence-corrected chi connectivity index (χ2v) is 6.79. The fraction of sp³-hybridized carbons (Fsp3) is 0.375. The summed E-state index contributed by atoms with van der Waals surface area (Å²) in [6.07, 6.45) is 2.05. The minimum absolute atomic E-state index is 0. The number of aromatic nitrogens is 3. The first-order valence-electron chi connectivity index (χ1n) is 7.74. The van der Waals surface area contributed by atoms with Crippen LogP contribution in [0, 0.1) is 0 Å². The average molecular weight is 366 g/mol. The van der Waals surface area contributed by atoms with Gasteiger partial charge in [-0.2, -0.15) is 4.98 Å². The first kappa shape index (κ1) is 17.2. The molecule has 1 N–H and O–H groups in total. The summed E-state index contributed by atoms with van der Waals surface area (Å²) in [6, 6.07) is 8.41. The van der Waals surface area contributed by atoms with Crippen LogP contribution in [-0.4, -0.2) is 46.3 Å². The Morgan fingerprint density at radius 1 is 1.38 bits per heavy atom. The average Bonchev–Trinajstić information content (AvgIpc) is 3.28. The Hall–Kier alpha value is -1.67. The molecule has 4 heterocycles. The Bertz CT molecular complexity index is 769. The molecular weight excluding hydrogens is 346 g/mol. The second-order valence-electron chi connectivity index (χ2n) is 5.76. The van der Waals surface area contributed by atoms with Gasteiger partial charge >= 0.3 is 0 Å². The van der Waals surface area contributed by atoms with Gasteiger partial charge in [-0.15, -0.1) is 23.7 Å². The van der Waals surface area contributed by atoms with E-state index >= 15 is 0 Å². The highest BCUT2D eigenvalue weighted by molar-refractivity contribution is 7.09. The van der Waals surface area contributed by atoms with Gasteiger partial charge in [0.2, 0.25) is 0 Å². The van der Waals surface area contributed by atoms with E-state index in [4.69, 9.17) is 4.52 Å². The predicted molar refractivity (Wildman–Crippen MR) is 96.6 cm³/mol. The third-order valence-corrected chi connectivity index (χ3v) is 5.07. The molecule has 0 bridgehead atoms. The highest BCUT2D eigenvalue weighted by Crippen LogP contribution is 2.24. The van der Waals surface area contributed by atoms with E-state index in [0.29, 0.717) is 5.89 Å². The summed E-state index contributed by atoms with van der Waals surface area (Å²) in [5.41, 5.74) is 0.962. The third-order valence-electron chi connectivity index (χ3n) is 4.21. The van der Waals surface area contributed by atoms with Gasteiger partial charge in [-0.1, -0.05) is 11.2 Å². The van der Waals surface area contributed by atoms with E-state index in [1.165, 1.54) is 4.88 Å². The van der Waals surface area contributed by atoms with E-state index < -0.39 is 0 Å². The lowest BCUT2D eigenvalue weighted by Gasteiger charge is -2.30. The van der Waals surface area contributed by atoms with Gasteiger partial charge in [-0.3, -0.25) is 4.90 Å². The van der Waals surface area contributed by atoms with Gasteiger partial charge in [0, 0.05) is 30.7 Å². The van der Waals surface area contributed by atoms with Crippen molar-refractivity contribution in [2.45, 2.75) is 12.6 Å². The number of hydrogen-bond donors (Lipinski definition) is 1. The number of piperazine rings is 1. The largest absolute Gasteiger partial charge is 0.338 e. The molecule has 0 aromatic carbocycles. The maximum Gasteiger partial charge on any atom is 0.274 e. The second kappa shape index (κ2) is 7.48. The SMILES string of the molecule is CN1CCNCC1c1noc(-c2cccn2Cc2cccs2)n1.Cl. The van der Waals surface area contributed by atoms with Gasteiger partial charge in [-0.25, -0.2) is 0 Å². The molecule has 1 aliphatic rings. The summed E-state index contributed by atoms with van der Waals surface area (Å²) < 4.78 is 7.68. The van der Waals surface area contributed by atoms with Crippen LogP contribution >= 0.6 is 23.7 Å². The monoisotopic (exact) mass is 365 g/mol. The van der Waals surface area contributed by atoms with Crippen LogP contribution in [0.5, 0.6) is 0 Å². The number of thiophene rings is 1. The molecule has 1 saturated heterocycles. The van der Waals surface area contributed by atoms with Crippen LogP contribution in [0.3, 0.4) is 0 Å². The van der Waals surface area contributed by atoms with Gasteiger partial charge in [0.15, 0.2) is 5.82 Å². The zero-order chi connectivity index (χ0) is 15.6. The van der Waals surface area contributed by atoms with Crippen molar-refractivity contribution in [1.82, 2.24) is 24.9 Å². The summed E-state index contributed by atoms with van der Waals surface area (Å²) in [7, 11) is 2.10. The fourth-order valence-corrected chi connectivity index (χ4v) is 3.59. The van der Waals surface area contributed by atoms with Crippen LogP contribution in [-0.2, 0) is 6.54 Å². The van der Waals surface area contributed by atoms with E-state index in [-0.39, 0.29) is 18.4 Å². The van der Waals surface area contributed by atoms with E-state index in [1.54, 1.807) is 11.3 Å². The van der Waals surface area contributed by atoms with Crippen molar-refractivity contribution in [3.8, 4) is 11.6 Å². The molecule has 1 aliphatic heterocycles. The smallest absolute Gasteiger partial charge is 0.274 e. The van der Waals surface area contributed by atoms with Gasteiger partial charge in [0.1, 0.15) is 5.69 Å². The van der Waals surface area contributed by atoms with Gasteiger partial charge in [0.25, 0.3) is 5.89 Å². The first-order chi connectivity index (χ1) is 11.3. The van der Waals surface area contributed by atoms with Crippen molar-refractivity contribution >= 4 is 23.7 Å². The molecule has 0 aliphatic carbocycles. The Labute approximate surface area is 150 Å². The summed E-state index contributed by atoms with van der Waals surface area (Å²) in [5, 5.41) is 9.68. The van der Waals surface area contributed by atoms with Crippen LogP contribution in [0.15, 0.2) is 40.4 Å². The number of nitrogens with zero attached hydrogens (tertiary/aromatic N) is 4. The lowest BCUT2D eigenvalue weighted by molar-refractivity contribution is 0.190. The molecule has 0 saturated carbocycles. The van der Waals surface area contributed by atoms with Crippen LogP contribution in [0.25, 0.3) is 11.6 Å². The van der Waals surface area contributed by atoms with Gasteiger partial charge in [0.05, 0.1) is 12.6 Å². The van der Waals surface area contributed by atoms with Gasteiger partial charge < -0.3 is 14.4 Å². The first-order valence-corrected chi connectivity index (χ1v) is 8.61. The van der Waals surface area contributed by atoms with Crippen molar-refractivity contribution in [2.24, 2.45) is 0 Å². The Morgan fingerprint density at radius 2 is 2.29 bits per heavy atom. The molecule has 8 heteroatoms. The molecule has 0 amide bonds. The van der Waals surface area contributed by atoms with Crippen LogP contribution in [0.2, 0.25) is 0 Å². The predicted octanol–water partition coefficient (Wildman–Crippen LogP) is 2.65. The van der Waals surface area contributed by atoms with Crippen molar-refractivity contribution in [1.29, 1.82) is 0 Å². The van der Waals surface area contributed by atoms with E-state index in [1.807, 2.05) is 18.3 Å². The number of hydrogen-bond acceptors (Lipinski definition) is 6. The molecule has 4 rings (SSSR count). The maximum absolute atomic E-state index is 5.54. The standard InChI is InChI=1S/C16H19N5OS.ClH/c1-20-8-6-17-10-14(20)15-18-16(22-19-15)13-5-2-7-21(13)11-12-4-3-9-23-12;/h2-5,7,9,14,17H,6,8,10-11H2,1H3;1H. The molecule has 0 spiro atoms. The van der Waals surface area contributed by atoms with Crippen LogP contribution in [0.4, 0.5) is 0 Å². The maximum atomic E-state index is 5.54. The Morgan fingerprint density at radius 3 is 3.08 bits per heavy atom. The van der Waals surface area contributed by atoms with E-state index in [2.05, 4.69) is 49.5 Å². The van der Waals surface area contributed by atoms with Crippen molar-refractivity contribution in [3.05, 3.63) is 46.5 Å². The summed E-state index contributed by atoms with van der Waals surface area (Å²) >= 11 is 1.75. The Kier molecular flexibility index (Phi) is 5.35. The molecule has 0 radical (unpaired) electrons. The summed E-state index contributed by atoms with van der Waals surface area (Å²) in [5.74, 6) is 1.33. The van der Waals surface area contributed by atoms with E-state index in [0.717, 1.165) is 37.7 Å². The molecular formula is C16H20ClN5OS. The molecule has 3 aromatic rings. The summed E-state index contributed by atoms with van der Waals surface area (Å²) in [4.78, 5) is 8.20. The zero-order valence-electron chi connectivity index (χ0n) is 13.4.